The molecule has 76 valence electrons. The van der Waals surface area contributed by atoms with Gasteiger partial charge in [0.15, 0.2) is 0 Å². The summed E-state index contributed by atoms with van der Waals surface area (Å²) in [6.45, 7) is 2.65. The minimum absolute atomic E-state index is 0.148. The molecular formula is C11H16N2O. The van der Waals surface area contributed by atoms with Crippen LogP contribution in [0.25, 0.3) is 0 Å². The van der Waals surface area contributed by atoms with E-state index >= 15 is 0 Å². The lowest BCUT2D eigenvalue weighted by Crippen LogP contribution is -2.20. The SMILES string of the molecule is CC[C@@H](COC)C(=N)c1ccccn1. The third kappa shape index (κ3) is 2.64. The Labute approximate surface area is 84.6 Å². The first kappa shape index (κ1) is 10.9. The van der Waals surface area contributed by atoms with Crippen molar-refractivity contribution < 1.29 is 4.74 Å². The van der Waals surface area contributed by atoms with Gasteiger partial charge in [-0.15, -0.1) is 0 Å². The van der Waals surface area contributed by atoms with E-state index in [1.807, 2.05) is 18.2 Å². The van der Waals surface area contributed by atoms with Crippen LogP contribution in [0.1, 0.15) is 19.0 Å². The van der Waals surface area contributed by atoms with E-state index in [1.165, 1.54) is 0 Å². The molecule has 1 atom stereocenters. The van der Waals surface area contributed by atoms with Crippen molar-refractivity contribution in [2.45, 2.75) is 13.3 Å². The lowest BCUT2D eigenvalue weighted by Gasteiger charge is -2.14. The number of nitrogens with one attached hydrogen (secondary N) is 1. The number of pyridine rings is 1. The summed E-state index contributed by atoms with van der Waals surface area (Å²) in [6.07, 6.45) is 2.62. The molecule has 0 unspecified atom stereocenters. The Morgan fingerprint density at radius 2 is 2.36 bits per heavy atom. The molecule has 0 saturated heterocycles. The second kappa shape index (κ2) is 5.50. The van der Waals surface area contributed by atoms with Gasteiger partial charge in [0, 0.05) is 19.2 Å². The molecule has 3 heteroatoms. The van der Waals surface area contributed by atoms with Crippen LogP contribution in [0.15, 0.2) is 24.4 Å². The fourth-order valence-electron chi connectivity index (χ4n) is 1.34. The number of rotatable bonds is 5. The largest absolute Gasteiger partial charge is 0.384 e. The van der Waals surface area contributed by atoms with Crippen LogP contribution in [0.3, 0.4) is 0 Å². The summed E-state index contributed by atoms with van der Waals surface area (Å²) in [5.41, 5.74) is 1.31. The number of methoxy groups -OCH3 is 1. The molecule has 1 aromatic heterocycles. The molecule has 1 N–H and O–H groups in total. The van der Waals surface area contributed by atoms with Crippen molar-refractivity contribution >= 4 is 5.71 Å². The minimum Gasteiger partial charge on any atom is -0.384 e. The van der Waals surface area contributed by atoms with Crippen LogP contribution in [0, 0.1) is 11.3 Å². The van der Waals surface area contributed by atoms with Gasteiger partial charge in [-0.25, -0.2) is 0 Å². The van der Waals surface area contributed by atoms with Crippen LogP contribution in [-0.4, -0.2) is 24.4 Å². The zero-order chi connectivity index (χ0) is 10.4. The number of ether oxygens (including phenoxy) is 1. The maximum atomic E-state index is 7.95. The van der Waals surface area contributed by atoms with Crippen molar-refractivity contribution in [3.05, 3.63) is 30.1 Å². The molecule has 0 amide bonds. The van der Waals surface area contributed by atoms with E-state index in [9.17, 15) is 0 Å². The summed E-state index contributed by atoms with van der Waals surface area (Å²) in [5, 5.41) is 7.95. The van der Waals surface area contributed by atoms with Gasteiger partial charge in [0.2, 0.25) is 0 Å². The van der Waals surface area contributed by atoms with E-state index in [0.29, 0.717) is 12.3 Å². The third-order valence-corrected chi connectivity index (χ3v) is 2.21. The van der Waals surface area contributed by atoms with Gasteiger partial charge in [0.05, 0.1) is 18.0 Å². The van der Waals surface area contributed by atoms with Crippen LogP contribution in [0.4, 0.5) is 0 Å². The standard InChI is InChI=1S/C11H16N2O/c1-3-9(8-14-2)11(12)10-6-4-5-7-13-10/h4-7,9,12H,3,8H2,1-2H3/t9-/m0/s1. The Morgan fingerprint density at radius 1 is 1.57 bits per heavy atom. The van der Waals surface area contributed by atoms with Gasteiger partial charge >= 0.3 is 0 Å². The summed E-state index contributed by atoms with van der Waals surface area (Å²) in [5.74, 6) is 0.148. The average Bonchev–Trinajstić information content (AvgIpc) is 2.26. The predicted octanol–water partition coefficient (Wildman–Crippen LogP) is 2.12. The molecule has 14 heavy (non-hydrogen) atoms. The minimum atomic E-state index is 0.148. The van der Waals surface area contributed by atoms with Crippen LogP contribution >= 0.6 is 0 Å². The average molecular weight is 192 g/mol. The smallest absolute Gasteiger partial charge is 0.0840 e. The number of hydrogen-bond acceptors (Lipinski definition) is 3. The molecule has 0 aromatic carbocycles. The predicted molar refractivity (Wildman–Crippen MR) is 56.7 cm³/mol. The highest BCUT2D eigenvalue weighted by atomic mass is 16.5. The zero-order valence-corrected chi connectivity index (χ0v) is 8.66. The molecule has 1 heterocycles. The quantitative estimate of drug-likeness (QED) is 0.726. The first-order chi connectivity index (χ1) is 6.79. The number of hydrogen-bond donors (Lipinski definition) is 1. The fourth-order valence-corrected chi connectivity index (χ4v) is 1.34. The molecule has 0 bridgehead atoms. The molecule has 0 radical (unpaired) electrons. The van der Waals surface area contributed by atoms with Crippen LogP contribution < -0.4 is 0 Å². The van der Waals surface area contributed by atoms with Crippen molar-refractivity contribution in [1.29, 1.82) is 5.41 Å². The summed E-state index contributed by atoms with van der Waals surface area (Å²) in [7, 11) is 1.66. The van der Waals surface area contributed by atoms with Gasteiger partial charge in [-0.1, -0.05) is 13.0 Å². The Kier molecular flexibility index (Phi) is 4.26. The molecular weight excluding hydrogens is 176 g/mol. The lowest BCUT2D eigenvalue weighted by molar-refractivity contribution is 0.174. The number of nitrogens with zero attached hydrogens (tertiary/aromatic N) is 1. The fraction of sp³-hybridized carbons (Fsp3) is 0.455. The molecule has 0 spiro atoms. The molecule has 1 rings (SSSR count). The van der Waals surface area contributed by atoms with Crippen molar-refractivity contribution in [3.63, 3.8) is 0 Å². The van der Waals surface area contributed by atoms with Crippen molar-refractivity contribution in [1.82, 2.24) is 4.98 Å². The van der Waals surface area contributed by atoms with Crippen LogP contribution in [0.5, 0.6) is 0 Å². The molecule has 0 fully saturated rings. The maximum Gasteiger partial charge on any atom is 0.0840 e. The lowest BCUT2D eigenvalue weighted by atomic mass is 9.98. The van der Waals surface area contributed by atoms with Crippen molar-refractivity contribution in [2.24, 2.45) is 5.92 Å². The Hall–Kier alpha value is -1.22. The van der Waals surface area contributed by atoms with E-state index in [0.717, 1.165) is 12.1 Å². The summed E-state index contributed by atoms with van der Waals surface area (Å²) < 4.78 is 5.07. The third-order valence-electron chi connectivity index (χ3n) is 2.21. The second-order valence-electron chi connectivity index (χ2n) is 3.19. The molecule has 0 saturated carbocycles. The highest BCUT2D eigenvalue weighted by Gasteiger charge is 2.14. The highest BCUT2D eigenvalue weighted by Crippen LogP contribution is 2.10. The maximum absolute atomic E-state index is 7.95. The summed E-state index contributed by atoms with van der Waals surface area (Å²) >= 11 is 0. The molecule has 0 aliphatic heterocycles. The summed E-state index contributed by atoms with van der Waals surface area (Å²) in [4.78, 5) is 4.15. The molecule has 1 aromatic rings. The topological polar surface area (TPSA) is 46.0 Å². The van der Waals surface area contributed by atoms with Gasteiger partial charge in [-0.2, -0.15) is 0 Å². The van der Waals surface area contributed by atoms with E-state index in [4.69, 9.17) is 10.1 Å². The molecule has 3 nitrogen and oxygen atoms in total. The first-order valence-corrected chi connectivity index (χ1v) is 4.78. The van der Waals surface area contributed by atoms with Gasteiger partial charge in [-0.05, 0) is 18.6 Å². The highest BCUT2D eigenvalue weighted by molar-refractivity contribution is 5.98. The molecule has 0 aliphatic carbocycles. The first-order valence-electron chi connectivity index (χ1n) is 4.78. The van der Waals surface area contributed by atoms with Gasteiger partial charge in [-0.3, -0.25) is 4.98 Å². The van der Waals surface area contributed by atoms with E-state index in [2.05, 4.69) is 11.9 Å². The van der Waals surface area contributed by atoms with Crippen LogP contribution in [0.2, 0.25) is 0 Å². The Bertz CT molecular complexity index is 285. The molecule has 0 aliphatic rings. The van der Waals surface area contributed by atoms with Crippen molar-refractivity contribution in [2.75, 3.05) is 13.7 Å². The van der Waals surface area contributed by atoms with Crippen LogP contribution in [-0.2, 0) is 4.74 Å². The Morgan fingerprint density at radius 3 is 2.86 bits per heavy atom. The number of aromatic nitrogens is 1. The van der Waals surface area contributed by atoms with E-state index < -0.39 is 0 Å². The van der Waals surface area contributed by atoms with Gasteiger partial charge in [0.25, 0.3) is 0 Å². The summed E-state index contributed by atoms with van der Waals surface area (Å²) in [6, 6.07) is 5.62. The van der Waals surface area contributed by atoms with Crippen molar-refractivity contribution in [3.8, 4) is 0 Å². The monoisotopic (exact) mass is 192 g/mol. The Balaban J connectivity index is 2.73. The van der Waals surface area contributed by atoms with Gasteiger partial charge < -0.3 is 10.1 Å². The van der Waals surface area contributed by atoms with E-state index in [-0.39, 0.29) is 5.92 Å². The zero-order valence-electron chi connectivity index (χ0n) is 8.66. The van der Waals surface area contributed by atoms with E-state index in [1.54, 1.807) is 13.3 Å². The second-order valence-corrected chi connectivity index (χ2v) is 3.19. The normalized spacial score (nSPS) is 12.4. The van der Waals surface area contributed by atoms with Gasteiger partial charge in [0.1, 0.15) is 0 Å².